The molecule has 0 radical (unpaired) electrons. The van der Waals surface area contributed by atoms with E-state index in [-0.39, 0.29) is 6.04 Å². The summed E-state index contributed by atoms with van der Waals surface area (Å²) in [5, 5.41) is 12.1. The van der Waals surface area contributed by atoms with E-state index < -0.39 is 6.10 Å². The van der Waals surface area contributed by atoms with Crippen LogP contribution in [-0.4, -0.2) is 41.2 Å². The molecule has 5 rings (SSSR count). The number of aliphatic hydroxyl groups excluding tert-OH is 1. The van der Waals surface area contributed by atoms with Gasteiger partial charge in [0.25, 0.3) is 0 Å². The van der Waals surface area contributed by atoms with Gasteiger partial charge < -0.3 is 9.84 Å². The zero-order chi connectivity index (χ0) is 16.7. The molecule has 4 heteroatoms. The summed E-state index contributed by atoms with van der Waals surface area (Å²) in [5.41, 5.74) is 3.39. The van der Waals surface area contributed by atoms with Crippen LogP contribution in [0.3, 0.4) is 0 Å². The van der Waals surface area contributed by atoms with E-state index in [9.17, 15) is 5.11 Å². The molecule has 1 aromatic carbocycles. The Morgan fingerprint density at radius 1 is 1.38 bits per heavy atom. The van der Waals surface area contributed by atoms with Gasteiger partial charge in [0.15, 0.2) is 0 Å². The Bertz CT molecular complexity index is 786. The van der Waals surface area contributed by atoms with Gasteiger partial charge in [-0.2, -0.15) is 0 Å². The molecule has 126 valence electrons. The fraction of sp³-hybridized carbons (Fsp3) is 0.450. The van der Waals surface area contributed by atoms with Crippen molar-refractivity contribution in [3.05, 3.63) is 47.7 Å². The molecule has 0 spiro atoms. The molecule has 1 unspecified atom stereocenters. The molecule has 4 atom stereocenters. The fourth-order valence-electron chi connectivity index (χ4n) is 4.34. The summed E-state index contributed by atoms with van der Waals surface area (Å²) in [6.07, 6.45) is 5.80. The Kier molecular flexibility index (Phi) is 4.02. The summed E-state index contributed by atoms with van der Waals surface area (Å²) < 4.78 is 5.35. The van der Waals surface area contributed by atoms with Gasteiger partial charge in [0.2, 0.25) is 0 Å². The number of aliphatic hydroxyl groups is 1. The third kappa shape index (κ3) is 2.50. The number of fused-ring (bicyclic) bond motifs is 4. The molecular weight excluding hydrogens is 300 g/mol. The van der Waals surface area contributed by atoms with Gasteiger partial charge in [-0.3, -0.25) is 9.88 Å². The molecule has 0 amide bonds. The van der Waals surface area contributed by atoms with Crippen molar-refractivity contribution in [1.29, 1.82) is 0 Å². The number of benzene rings is 1. The first-order valence-corrected chi connectivity index (χ1v) is 8.71. The van der Waals surface area contributed by atoms with E-state index in [0.717, 1.165) is 41.7 Å². The van der Waals surface area contributed by atoms with Crippen molar-refractivity contribution in [2.45, 2.75) is 31.9 Å². The Morgan fingerprint density at radius 2 is 2.25 bits per heavy atom. The fourth-order valence-corrected chi connectivity index (χ4v) is 4.34. The molecule has 0 aliphatic carbocycles. The van der Waals surface area contributed by atoms with Gasteiger partial charge in [0, 0.05) is 24.2 Å². The van der Waals surface area contributed by atoms with Crippen LogP contribution in [0.1, 0.15) is 31.4 Å². The second-order valence-electron chi connectivity index (χ2n) is 6.85. The quantitative estimate of drug-likeness (QED) is 0.880. The minimum atomic E-state index is -0.496. The van der Waals surface area contributed by atoms with Crippen LogP contribution < -0.4 is 4.74 Å². The largest absolute Gasteiger partial charge is 0.497 e. The number of ether oxygens (including phenoxy) is 1. The smallest absolute Gasteiger partial charge is 0.119 e. The molecular formula is C20H24N2O2. The molecule has 2 bridgehead atoms. The van der Waals surface area contributed by atoms with Crippen molar-refractivity contribution < 1.29 is 9.84 Å². The zero-order valence-corrected chi connectivity index (χ0v) is 14.3. The van der Waals surface area contributed by atoms with Crippen molar-refractivity contribution in [2.24, 2.45) is 5.92 Å². The first-order valence-electron chi connectivity index (χ1n) is 8.71. The van der Waals surface area contributed by atoms with E-state index in [1.165, 1.54) is 12.0 Å². The first kappa shape index (κ1) is 15.6. The van der Waals surface area contributed by atoms with Crippen LogP contribution in [0.5, 0.6) is 5.75 Å². The van der Waals surface area contributed by atoms with Gasteiger partial charge >= 0.3 is 0 Å². The number of methoxy groups -OCH3 is 1. The third-order valence-electron chi connectivity index (χ3n) is 5.71. The lowest BCUT2D eigenvalue weighted by atomic mass is 9.76. The molecule has 4 heterocycles. The zero-order valence-electron chi connectivity index (χ0n) is 14.3. The monoisotopic (exact) mass is 324 g/mol. The van der Waals surface area contributed by atoms with E-state index in [0.29, 0.717) is 5.92 Å². The molecule has 3 aliphatic heterocycles. The number of pyridine rings is 1. The maximum absolute atomic E-state index is 11.2. The maximum atomic E-state index is 11.2. The van der Waals surface area contributed by atoms with E-state index in [1.807, 2.05) is 24.3 Å². The normalized spacial score (nSPS) is 29.1. The predicted octanol–water partition coefficient (Wildman–Crippen LogP) is 3.32. The molecule has 1 aromatic heterocycles. The number of aromatic nitrogens is 1. The minimum Gasteiger partial charge on any atom is -0.497 e. The van der Waals surface area contributed by atoms with Gasteiger partial charge in [-0.1, -0.05) is 11.6 Å². The molecule has 0 saturated carbocycles. The standard InChI is InChI=1S/C20H24N2O2/c1-3-13-12-22-9-7-14(13)10-19(22)20(23)16-6-8-21-18-5-4-15(24-2)11-17(16)18/h3-6,8,11,14,19-20,23H,7,9-10,12H2,1-2H3/t14-,19+,20-/m0/s1. The first-order chi connectivity index (χ1) is 11.7. The van der Waals surface area contributed by atoms with Crippen LogP contribution >= 0.6 is 0 Å². The van der Waals surface area contributed by atoms with E-state index in [4.69, 9.17) is 4.74 Å². The highest BCUT2D eigenvalue weighted by Crippen LogP contribution is 2.41. The van der Waals surface area contributed by atoms with E-state index in [1.54, 1.807) is 13.3 Å². The molecule has 2 aromatic rings. The van der Waals surface area contributed by atoms with Gasteiger partial charge in [-0.05, 0) is 62.1 Å². The highest BCUT2D eigenvalue weighted by molar-refractivity contribution is 5.83. The van der Waals surface area contributed by atoms with Crippen LogP contribution in [0.4, 0.5) is 0 Å². The molecule has 3 fully saturated rings. The highest BCUT2D eigenvalue weighted by Gasteiger charge is 2.40. The summed E-state index contributed by atoms with van der Waals surface area (Å²) in [6.45, 7) is 4.20. The van der Waals surface area contributed by atoms with Crippen LogP contribution in [0.2, 0.25) is 0 Å². The van der Waals surface area contributed by atoms with Crippen molar-refractivity contribution in [1.82, 2.24) is 9.88 Å². The van der Waals surface area contributed by atoms with Crippen molar-refractivity contribution >= 4 is 10.9 Å². The van der Waals surface area contributed by atoms with Crippen LogP contribution in [-0.2, 0) is 0 Å². The van der Waals surface area contributed by atoms with Crippen molar-refractivity contribution in [3.8, 4) is 5.75 Å². The Balaban J connectivity index is 1.70. The summed E-state index contributed by atoms with van der Waals surface area (Å²) in [5.74, 6) is 1.42. The number of piperidine rings is 3. The summed E-state index contributed by atoms with van der Waals surface area (Å²) in [6, 6.07) is 7.98. The Hall–Kier alpha value is -1.91. The number of rotatable bonds is 3. The molecule has 4 nitrogen and oxygen atoms in total. The topological polar surface area (TPSA) is 45.6 Å². The number of allylic oxidation sites excluding steroid dienone is 1. The van der Waals surface area contributed by atoms with Gasteiger partial charge in [-0.15, -0.1) is 0 Å². The third-order valence-corrected chi connectivity index (χ3v) is 5.71. The minimum absolute atomic E-state index is 0.184. The highest BCUT2D eigenvalue weighted by atomic mass is 16.5. The Labute approximate surface area is 142 Å². The van der Waals surface area contributed by atoms with Gasteiger partial charge in [0.05, 0.1) is 18.7 Å². The van der Waals surface area contributed by atoms with E-state index >= 15 is 0 Å². The van der Waals surface area contributed by atoms with Crippen molar-refractivity contribution in [2.75, 3.05) is 20.2 Å². The van der Waals surface area contributed by atoms with Crippen LogP contribution in [0, 0.1) is 5.92 Å². The van der Waals surface area contributed by atoms with Crippen molar-refractivity contribution in [3.63, 3.8) is 0 Å². The second kappa shape index (κ2) is 6.19. The molecule has 24 heavy (non-hydrogen) atoms. The van der Waals surface area contributed by atoms with Crippen LogP contribution in [0.25, 0.3) is 10.9 Å². The lowest BCUT2D eigenvalue weighted by molar-refractivity contribution is -0.00340. The molecule has 3 aliphatic rings. The maximum Gasteiger partial charge on any atom is 0.119 e. The number of hydrogen-bond donors (Lipinski definition) is 1. The Morgan fingerprint density at radius 3 is 2.96 bits per heavy atom. The number of nitrogens with zero attached hydrogens (tertiary/aromatic N) is 2. The second-order valence-corrected chi connectivity index (χ2v) is 6.85. The summed E-state index contributed by atoms with van der Waals surface area (Å²) >= 11 is 0. The molecule has 3 saturated heterocycles. The van der Waals surface area contributed by atoms with Crippen LogP contribution in [0.15, 0.2) is 42.1 Å². The average Bonchev–Trinajstić information content (AvgIpc) is 2.66. The molecule has 1 N–H and O–H groups in total. The summed E-state index contributed by atoms with van der Waals surface area (Å²) in [4.78, 5) is 6.87. The van der Waals surface area contributed by atoms with E-state index in [2.05, 4.69) is 22.9 Å². The predicted molar refractivity (Wildman–Crippen MR) is 95.1 cm³/mol. The average molecular weight is 324 g/mol. The van der Waals surface area contributed by atoms with Gasteiger partial charge in [0.1, 0.15) is 5.75 Å². The summed E-state index contributed by atoms with van der Waals surface area (Å²) in [7, 11) is 1.66. The SMILES string of the molecule is CC=C1CN2CC[C@H]1C[C@@H]2[C@@H](O)c1ccnc2ccc(OC)cc12. The number of hydrogen-bond acceptors (Lipinski definition) is 4. The lowest BCUT2D eigenvalue weighted by Gasteiger charge is -2.48. The lowest BCUT2D eigenvalue weighted by Crippen LogP contribution is -2.52. The van der Waals surface area contributed by atoms with Gasteiger partial charge in [-0.25, -0.2) is 0 Å².